The van der Waals surface area contributed by atoms with Crippen LogP contribution in [0.4, 0.5) is 5.82 Å². The standard InChI is InChI=1S/C8H6ClN5O/c9-5-1-2-10-7(3-5)12-8(15)6-4-11-14-13-6/h1-4H,(H,10,12,15)(H,11,13,14). The van der Waals surface area contributed by atoms with E-state index in [-0.39, 0.29) is 5.69 Å². The first-order valence-corrected chi connectivity index (χ1v) is 4.42. The van der Waals surface area contributed by atoms with Crippen molar-refractivity contribution < 1.29 is 4.79 Å². The molecule has 0 unspecified atom stereocenters. The van der Waals surface area contributed by atoms with E-state index < -0.39 is 5.91 Å². The van der Waals surface area contributed by atoms with Gasteiger partial charge in [0.05, 0.1) is 6.20 Å². The number of anilines is 1. The molecule has 2 aromatic rings. The lowest BCUT2D eigenvalue weighted by molar-refractivity contribution is 0.102. The van der Waals surface area contributed by atoms with Gasteiger partial charge < -0.3 is 5.32 Å². The van der Waals surface area contributed by atoms with Crippen LogP contribution in [0.3, 0.4) is 0 Å². The van der Waals surface area contributed by atoms with Crippen molar-refractivity contribution in [3.8, 4) is 0 Å². The number of halogens is 1. The third kappa shape index (κ3) is 2.29. The zero-order chi connectivity index (χ0) is 10.7. The van der Waals surface area contributed by atoms with Gasteiger partial charge in [-0.1, -0.05) is 11.6 Å². The maximum absolute atomic E-state index is 11.5. The van der Waals surface area contributed by atoms with Gasteiger partial charge in [0, 0.05) is 11.2 Å². The van der Waals surface area contributed by atoms with Crippen molar-refractivity contribution in [1.82, 2.24) is 20.4 Å². The highest BCUT2D eigenvalue weighted by molar-refractivity contribution is 6.30. The van der Waals surface area contributed by atoms with Crippen molar-refractivity contribution in [2.24, 2.45) is 0 Å². The van der Waals surface area contributed by atoms with Crippen molar-refractivity contribution in [2.75, 3.05) is 5.32 Å². The normalized spacial score (nSPS) is 9.93. The second-order valence-electron chi connectivity index (χ2n) is 2.67. The van der Waals surface area contributed by atoms with Gasteiger partial charge in [-0.05, 0) is 12.1 Å². The maximum atomic E-state index is 11.5. The predicted molar refractivity (Wildman–Crippen MR) is 53.6 cm³/mol. The molecule has 2 aromatic heterocycles. The van der Waals surface area contributed by atoms with Gasteiger partial charge in [0.15, 0.2) is 5.69 Å². The summed E-state index contributed by atoms with van der Waals surface area (Å²) < 4.78 is 0. The minimum absolute atomic E-state index is 0.191. The molecule has 0 spiro atoms. The fraction of sp³-hybridized carbons (Fsp3) is 0. The number of pyridine rings is 1. The molecule has 76 valence electrons. The van der Waals surface area contributed by atoms with Crippen LogP contribution < -0.4 is 5.32 Å². The molecule has 0 saturated carbocycles. The Morgan fingerprint density at radius 2 is 2.40 bits per heavy atom. The van der Waals surface area contributed by atoms with E-state index in [0.717, 1.165) is 0 Å². The number of nitrogens with zero attached hydrogens (tertiary/aromatic N) is 3. The topological polar surface area (TPSA) is 83.6 Å². The van der Waals surface area contributed by atoms with Crippen LogP contribution in [0.15, 0.2) is 24.5 Å². The summed E-state index contributed by atoms with van der Waals surface area (Å²) in [5.41, 5.74) is 0.191. The van der Waals surface area contributed by atoms with Gasteiger partial charge in [-0.15, -0.1) is 0 Å². The smallest absolute Gasteiger partial charge is 0.278 e. The van der Waals surface area contributed by atoms with Crippen molar-refractivity contribution >= 4 is 23.3 Å². The molecule has 0 radical (unpaired) electrons. The lowest BCUT2D eigenvalue weighted by Crippen LogP contribution is -2.13. The summed E-state index contributed by atoms with van der Waals surface area (Å²) in [6.45, 7) is 0. The van der Waals surface area contributed by atoms with Crippen LogP contribution in [0.5, 0.6) is 0 Å². The number of hydrogen-bond donors (Lipinski definition) is 2. The van der Waals surface area contributed by atoms with Crippen LogP contribution >= 0.6 is 11.6 Å². The number of hydrogen-bond acceptors (Lipinski definition) is 4. The van der Waals surface area contributed by atoms with E-state index in [2.05, 4.69) is 25.7 Å². The largest absolute Gasteiger partial charge is 0.305 e. The molecule has 0 aliphatic heterocycles. The Kier molecular flexibility index (Phi) is 2.59. The molecule has 7 heteroatoms. The molecule has 15 heavy (non-hydrogen) atoms. The molecule has 6 nitrogen and oxygen atoms in total. The molecule has 1 amide bonds. The molecule has 0 aromatic carbocycles. The second kappa shape index (κ2) is 4.05. The molecule has 0 atom stereocenters. The summed E-state index contributed by atoms with van der Waals surface area (Å²) in [6.07, 6.45) is 2.82. The SMILES string of the molecule is O=C(Nc1cc(Cl)ccn1)c1cn[nH]n1. The van der Waals surface area contributed by atoms with E-state index >= 15 is 0 Å². The lowest BCUT2D eigenvalue weighted by Gasteiger charge is -2.00. The Hall–Kier alpha value is -1.95. The van der Waals surface area contributed by atoms with Crippen LogP contribution in [0.25, 0.3) is 0 Å². The summed E-state index contributed by atoms with van der Waals surface area (Å²) in [6, 6.07) is 3.16. The Morgan fingerprint density at radius 1 is 1.53 bits per heavy atom. The van der Waals surface area contributed by atoms with E-state index in [1.54, 1.807) is 12.1 Å². The van der Waals surface area contributed by atoms with Gasteiger partial charge in [-0.2, -0.15) is 15.4 Å². The highest BCUT2D eigenvalue weighted by Gasteiger charge is 2.09. The Bertz CT molecular complexity index is 470. The zero-order valence-corrected chi connectivity index (χ0v) is 8.19. The third-order valence-electron chi connectivity index (χ3n) is 1.61. The van der Waals surface area contributed by atoms with E-state index in [1.165, 1.54) is 12.4 Å². The Labute approximate surface area is 89.7 Å². The number of carbonyl (C=O) groups excluding carboxylic acids is 1. The third-order valence-corrected chi connectivity index (χ3v) is 1.85. The molecule has 0 fully saturated rings. The Balaban J connectivity index is 2.13. The number of amides is 1. The number of rotatable bonds is 2. The average molecular weight is 224 g/mol. The van der Waals surface area contributed by atoms with Crippen LogP contribution in [-0.4, -0.2) is 26.3 Å². The summed E-state index contributed by atoms with van der Waals surface area (Å²) in [4.78, 5) is 15.4. The number of carbonyl (C=O) groups is 1. The summed E-state index contributed by atoms with van der Waals surface area (Å²) in [7, 11) is 0. The van der Waals surface area contributed by atoms with Crippen LogP contribution in [0.1, 0.15) is 10.5 Å². The summed E-state index contributed by atoms with van der Waals surface area (Å²) in [5.74, 6) is -0.0194. The van der Waals surface area contributed by atoms with E-state index in [0.29, 0.717) is 10.8 Å². The quantitative estimate of drug-likeness (QED) is 0.799. The summed E-state index contributed by atoms with van der Waals surface area (Å²) in [5, 5.41) is 12.5. The first kappa shape index (κ1) is 9.60. The van der Waals surface area contributed by atoms with Crippen molar-refractivity contribution in [2.45, 2.75) is 0 Å². The van der Waals surface area contributed by atoms with Crippen molar-refractivity contribution in [3.05, 3.63) is 35.2 Å². The van der Waals surface area contributed by atoms with Gasteiger partial charge in [0.2, 0.25) is 0 Å². The van der Waals surface area contributed by atoms with Crippen molar-refractivity contribution in [3.63, 3.8) is 0 Å². The highest BCUT2D eigenvalue weighted by Crippen LogP contribution is 2.12. The summed E-state index contributed by atoms with van der Waals surface area (Å²) >= 11 is 5.73. The zero-order valence-electron chi connectivity index (χ0n) is 7.44. The first-order valence-electron chi connectivity index (χ1n) is 4.04. The van der Waals surface area contributed by atoms with Crippen LogP contribution in [0.2, 0.25) is 5.02 Å². The molecular formula is C8H6ClN5O. The monoisotopic (exact) mass is 223 g/mol. The number of aromatic amines is 1. The average Bonchev–Trinajstić information content (AvgIpc) is 2.70. The second-order valence-corrected chi connectivity index (χ2v) is 3.11. The van der Waals surface area contributed by atoms with E-state index in [1.807, 2.05) is 0 Å². The Morgan fingerprint density at radius 3 is 3.07 bits per heavy atom. The van der Waals surface area contributed by atoms with Crippen LogP contribution in [-0.2, 0) is 0 Å². The van der Waals surface area contributed by atoms with Gasteiger partial charge in [0.1, 0.15) is 5.82 Å². The molecule has 2 rings (SSSR count). The fourth-order valence-corrected chi connectivity index (χ4v) is 1.12. The molecule has 0 bridgehead atoms. The molecule has 2 heterocycles. The van der Waals surface area contributed by atoms with Crippen LogP contribution in [0, 0.1) is 0 Å². The van der Waals surface area contributed by atoms with E-state index in [4.69, 9.17) is 11.6 Å². The molecule has 0 aliphatic carbocycles. The minimum Gasteiger partial charge on any atom is -0.305 e. The predicted octanol–water partition coefficient (Wildman–Crippen LogP) is 1.11. The lowest BCUT2D eigenvalue weighted by atomic mass is 10.4. The number of nitrogens with one attached hydrogen (secondary N) is 2. The van der Waals surface area contributed by atoms with Gasteiger partial charge in [-0.25, -0.2) is 4.98 Å². The molecule has 2 N–H and O–H groups in total. The first-order chi connectivity index (χ1) is 7.25. The van der Waals surface area contributed by atoms with Gasteiger partial charge >= 0.3 is 0 Å². The van der Waals surface area contributed by atoms with Gasteiger partial charge in [0.25, 0.3) is 5.91 Å². The molecule has 0 saturated heterocycles. The molecular weight excluding hydrogens is 218 g/mol. The van der Waals surface area contributed by atoms with E-state index in [9.17, 15) is 4.79 Å². The van der Waals surface area contributed by atoms with Crippen molar-refractivity contribution in [1.29, 1.82) is 0 Å². The number of aromatic nitrogens is 4. The number of H-pyrrole nitrogens is 1. The molecule has 0 aliphatic rings. The fourth-order valence-electron chi connectivity index (χ4n) is 0.964. The highest BCUT2D eigenvalue weighted by atomic mass is 35.5. The maximum Gasteiger partial charge on any atom is 0.278 e. The van der Waals surface area contributed by atoms with Gasteiger partial charge in [-0.3, -0.25) is 4.79 Å². The minimum atomic E-state index is -0.390.